The molecule has 2 atom stereocenters. The van der Waals surface area contributed by atoms with Gasteiger partial charge in [-0.15, -0.1) is 12.4 Å². The van der Waals surface area contributed by atoms with Crippen molar-refractivity contribution in [2.75, 3.05) is 13.2 Å². The summed E-state index contributed by atoms with van der Waals surface area (Å²) in [7, 11) is 0. The van der Waals surface area contributed by atoms with E-state index in [1.807, 2.05) is 30.3 Å². The Morgan fingerprint density at radius 1 is 1.33 bits per heavy atom. The summed E-state index contributed by atoms with van der Waals surface area (Å²) in [5.74, 6) is 0.0607. The van der Waals surface area contributed by atoms with E-state index in [1.165, 1.54) is 6.42 Å². The summed E-state index contributed by atoms with van der Waals surface area (Å²) in [6.07, 6.45) is 5.03. The van der Waals surface area contributed by atoms with Gasteiger partial charge in [-0.25, -0.2) is 0 Å². The lowest BCUT2D eigenvalue weighted by molar-refractivity contribution is -0.122. The zero-order valence-corrected chi connectivity index (χ0v) is 13.1. The van der Waals surface area contributed by atoms with E-state index in [-0.39, 0.29) is 30.5 Å². The van der Waals surface area contributed by atoms with Crippen LogP contribution in [0.1, 0.15) is 43.7 Å². The molecule has 0 bridgehead atoms. The number of hydrogen-bond donors (Lipinski definition) is 2. The van der Waals surface area contributed by atoms with E-state index in [0.29, 0.717) is 13.0 Å². The second kappa shape index (κ2) is 9.77. The first-order valence-corrected chi connectivity index (χ1v) is 7.44. The smallest absolute Gasteiger partial charge is 0.220 e. The number of nitrogens with one attached hydrogen (secondary N) is 1. The van der Waals surface area contributed by atoms with Gasteiger partial charge in [0.25, 0.3) is 0 Å². The molecule has 1 aliphatic heterocycles. The molecule has 5 heteroatoms. The van der Waals surface area contributed by atoms with Crippen LogP contribution in [-0.4, -0.2) is 25.2 Å². The monoisotopic (exact) mass is 312 g/mol. The van der Waals surface area contributed by atoms with Crippen LogP contribution in [0.2, 0.25) is 0 Å². The summed E-state index contributed by atoms with van der Waals surface area (Å²) in [6.45, 7) is 1.32. The fourth-order valence-corrected chi connectivity index (χ4v) is 2.46. The molecule has 1 fully saturated rings. The fourth-order valence-electron chi connectivity index (χ4n) is 2.46. The number of carbonyl (C=O) groups excluding carboxylic acids is 1. The quantitative estimate of drug-likeness (QED) is 0.848. The summed E-state index contributed by atoms with van der Waals surface area (Å²) >= 11 is 0. The normalized spacial score (nSPS) is 19.4. The molecule has 0 saturated carbocycles. The van der Waals surface area contributed by atoms with Gasteiger partial charge in [0.05, 0.1) is 6.10 Å². The van der Waals surface area contributed by atoms with Crippen molar-refractivity contribution in [2.24, 2.45) is 5.73 Å². The van der Waals surface area contributed by atoms with Gasteiger partial charge in [0.15, 0.2) is 0 Å². The molecule has 0 aliphatic carbocycles. The number of nitrogens with two attached hydrogens (primary N) is 1. The number of amides is 1. The molecule has 1 saturated heterocycles. The fraction of sp³-hybridized carbons (Fsp3) is 0.562. The topological polar surface area (TPSA) is 64.3 Å². The van der Waals surface area contributed by atoms with E-state index < -0.39 is 0 Å². The summed E-state index contributed by atoms with van der Waals surface area (Å²) in [5, 5.41) is 2.90. The Bertz CT molecular complexity index is 408. The van der Waals surface area contributed by atoms with Crippen LogP contribution in [0.4, 0.5) is 0 Å². The van der Waals surface area contributed by atoms with Gasteiger partial charge >= 0.3 is 0 Å². The Morgan fingerprint density at radius 2 is 2.10 bits per heavy atom. The first-order chi connectivity index (χ1) is 9.75. The largest absolute Gasteiger partial charge is 0.378 e. The van der Waals surface area contributed by atoms with Gasteiger partial charge in [-0.2, -0.15) is 0 Å². The standard InChI is InChI=1S/C16H24N2O2.ClH/c17-15(13-6-2-1-3-7-13)12-18-16(19)10-9-14-8-4-5-11-20-14;/h1-3,6-7,14-15H,4-5,8-12,17H2,(H,18,19);1H. The highest BCUT2D eigenvalue weighted by atomic mass is 35.5. The number of halogens is 1. The maximum absolute atomic E-state index is 11.8. The molecular weight excluding hydrogens is 288 g/mol. The van der Waals surface area contributed by atoms with Gasteiger partial charge < -0.3 is 15.8 Å². The minimum absolute atomic E-state index is 0. The maximum atomic E-state index is 11.8. The van der Waals surface area contributed by atoms with Gasteiger partial charge in [0.1, 0.15) is 0 Å². The van der Waals surface area contributed by atoms with Crippen LogP contribution in [0, 0.1) is 0 Å². The van der Waals surface area contributed by atoms with E-state index in [4.69, 9.17) is 10.5 Å². The predicted molar refractivity (Wildman–Crippen MR) is 86.5 cm³/mol. The number of rotatable bonds is 6. The molecule has 1 aromatic carbocycles. The minimum Gasteiger partial charge on any atom is -0.378 e. The van der Waals surface area contributed by atoms with Gasteiger partial charge in [-0.1, -0.05) is 30.3 Å². The number of benzene rings is 1. The van der Waals surface area contributed by atoms with Crippen molar-refractivity contribution >= 4 is 18.3 Å². The molecule has 1 aliphatic rings. The molecule has 1 aromatic rings. The van der Waals surface area contributed by atoms with Crippen LogP contribution >= 0.6 is 12.4 Å². The highest BCUT2D eigenvalue weighted by Crippen LogP contribution is 2.16. The zero-order valence-electron chi connectivity index (χ0n) is 12.3. The third-order valence-corrected chi connectivity index (χ3v) is 3.71. The van der Waals surface area contributed by atoms with Crippen LogP contribution < -0.4 is 11.1 Å². The highest BCUT2D eigenvalue weighted by Gasteiger charge is 2.15. The van der Waals surface area contributed by atoms with E-state index in [9.17, 15) is 4.79 Å². The van der Waals surface area contributed by atoms with Crippen molar-refractivity contribution in [2.45, 2.75) is 44.2 Å². The van der Waals surface area contributed by atoms with Gasteiger partial charge in [0.2, 0.25) is 5.91 Å². The van der Waals surface area contributed by atoms with Gasteiger partial charge in [0, 0.05) is 25.6 Å². The lowest BCUT2D eigenvalue weighted by Crippen LogP contribution is -2.32. The van der Waals surface area contributed by atoms with Crippen LogP contribution in [0.15, 0.2) is 30.3 Å². The lowest BCUT2D eigenvalue weighted by Gasteiger charge is -2.22. The molecule has 1 amide bonds. The van der Waals surface area contributed by atoms with Crippen LogP contribution in [-0.2, 0) is 9.53 Å². The van der Waals surface area contributed by atoms with E-state index in [0.717, 1.165) is 31.4 Å². The van der Waals surface area contributed by atoms with Crippen LogP contribution in [0.25, 0.3) is 0 Å². The summed E-state index contributed by atoms with van der Waals surface area (Å²) in [5.41, 5.74) is 7.09. The average Bonchev–Trinajstić information content (AvgIpc) is 2.52. The molecule has 0 spiro atoms. The number of hydrogen-bond acceptors (Lipinski definition) is 3. The molecule has 0 radical (unpaired) electrons. The Balaban J connectivity index is 0.00000220. The highest BCUT2D eigenvalue weighted by molar-refractivity contribution is 5.85. The maximum Gasteiger partial charge on any atom is 0.220 e. The zero-order chi connectivity index (χ0) is 14.2. The summed E-state index contributed by atoms with van der Waals surface area (Å²) in [6, 6.07) is 9.68. The molecule has 1 heterocycles. The molecule has 0 aromatic heterocycles. The Kier molecular flexibility index (Phi) is 8.35. The SMILES string of the molecule is Cl.NC(CNC(=O)CCC1CCCCO1)c1ccccc1. The summed E-state index contributed by atoms with van der Waals surface area (Å²) in [4.78, 5) is 11.8. The Morgan fingerprint density at radius 3 is 2.76 bits per heavy atom. The Labute approximate surface area is 132 Å². The first kappa shape index (κ1) is 18.0. The first-order valence-electron chi connectivity index (χ1n) is 7.44. The molecule has 2 unspecified atom stereocenters. The van der Waals surface area contributed by atoms with Crippen molar-refractivity contribution in [3.8, 4) is 0 Å². The lowest BCUT2D eigenvalue weighted by atomic mass is 10.0. The van der Waals surface area contributed by atoms with E-state index >= 15 is 0 Å². The molecule has 3 N–H and O–H groups in total. The van der Waals surface area contributed by atoms with Gasteiger partial charge in [-0.05, 0) is 31.2 Å². The van der Waals surface area contributed by atoms with Crippen molar-refractivity contribution in [3.05, 3.63) is 35.9 Å². The van der Waals surface area contributed by atoms with Crippen molar-refractivity contribution in [1.29, 1.82) is 0 Å². The van der Waals surface area contributed by atoms with Crippen molar-refractivity contribution < 1.29 is 9.53 Å². The van der Waals surface area contributed by atoms with E-state index in [1.54, 1.807) is 0 Å². The minimum atomic E-state index is -0.147. The Hall–Kier alpha value is -1.10. The number of ether oxygens (including phenoxy) is 1. The summed E-state index contributed by atoms with van der Waals surface area (Å²) < 4.78 is 5.62. The van der Waals surface area contributed by atoms with Crippen molar-refractivity contribution in [3.63, 3.8) is 0 Å². The molecule has 21 heavy (non-hydrogen) atoms. The molecule has 118 valence electrons. The third-order valence-electron chi connectivity index (χ3n) is 3.71. The number of carbonyl (C=O) groups is 1. The van der Waals surface area contributed by atoms with Crippen LogP contribution in [0.5, 0.6) is 0 Å². The van der Waals surface area contributed by atoms with Crippen LogP contribution in [0.3, 0.4) is 0 Å². The molecule has 2 rings (SSSR count). The van der Waals surface area contributed by atoms with E-state index in [2.05, 4.69) is 5.32 Å². The third kappa shape index (κ3) is 6.46. The second-order valence-corrected chi connectivity index (χ2v) is 5.35. The average molecular weight is 313 g/mol. The van der Waals surface area contributed by atoms with Crippen molar-refractivity contribution in [1.82, 2.24) is 5.32 Å². The molecular formula is C16H25ClN2O2. The second-order valence-electron chi connectivity index (χ2n) is 5.35. The predicted octanol–water partition coefficient (Wildman–Crippen LogP) is 2.57. The molecule has 4 nitrogen and oxygen atoms in total. The van der Waals surface area contributed by atoms with Gasteiger partial charge in [-0.3, -0.25) is 4.79 Å².